The third-order valence-corrected chi connectivity index (χ3v) is 5.70. The van der Waals surface area contributed by atoms with E-state index in [0.29, 0.717) is 35.6 Å². The van der Waals surface area contributed by atoms with Crippen molar-refractivity contribution in [2.75, 3.05) is 6.61 Å². The van der Waals surface area contributed by atoms with Crippen LogP contribution in [-0.4, -0.2) is 32.4 Å². The molecule has 0 fully saturated rings. The van der Waals surface area contributed by atoms with Crippen LogP contribution in [0.1, 0.15) is 24.5 Å². The van der Waals surface area contributed by atoms with Crippen LogP contribution in [0.5, 0.6) is 0 Å². The lowest BCUT2D eigenvalue weighted by molar-refractivity contribution is -0.120. The number of amides is 1. The van der Waals surface area contributed by atoms with Crippen LogP contribution in [0.15, 0.2) is 58.5 Å². The van der Waals surface area contributed by atoms with E-state index in [2.05, 4.69) is 10.3 Å². The molecular formula is C22H25N3O3S. The largest absolute Gasteiger partial charge is 0.396 e. The van der Waals surface area contributed by atoms with Crippen molar-refractivity contribution >= 4 is 28.6 Å². The second-order valence-electron chi connectivity index (χ2n) is 6.91. The number of fused-ring (bicyclic) bond motifs is 1. The molecule has 29 heavy (non-hydrogen) atoms. The first-order valence-corrected chi connectivity index (χ1v) is 10.5. The summed E-state index contributed by atoms with van der Waals surface area (Å²) >= 11 is 1.25. The first-order valence-electron chi connectivity index (χ1n) is 9.60. The van der Waals surface area contributed by atoms with Crippen LogP contribution in [0.4, 0.5) is 0 Å². The Kier molecular flexibility index (Phi) is 7.06. The van der Waals surface area contributed by atoms with E-state index < -0.39 is 5.25 Å². The van der Waals surface area contributed by atoms with Crippen molar-refractivity contribution in [2.24, 2.45) is 0 Å². The van der Waals surface area contributed by atoms with Gasteiger partial charge in [-0.05, 0) is 38.0 Å². The molecule has 3 rings (SSSR count). The zero-order valence-electron chi connectivity index (χ0n) is 16.6. The molecule has 0 bridgehead atoms. The summed E-state index contributed by atoms with van der Waals surface area (Å²) in [5.41, 5.74) is 2.66. The number of nitrogens with one attached hydrogen (secondary N) is 1. The van der Waals surface area contributed by atoms with E-state index in [4.69, 9.17) is 0 Å². The minimum Gasteiger partial charge on any atom is -0.396 e. The number of aryl methyl sites for hydroxylation is 1. The highest BCUT2D eigenvalue weighted by molar-refractivity contribution is 8.00. The van der Waals surface area contributed by atoms with Gasteiger partial charge in [-0.1, -0.05) is 53.7 Å². The van der Waals surface area contributed by atoms with E-state index in [-0.39, 0.29) is 18.1 Å². The van der Waals surface area contributed by atoms with Gasteiger partial charge in [0.25, 0.3) is 5.56 Å². The maximum atomic E-state index is 12.9. The normalized spacial score (nSPS) is 12.1. The van der Waals surface area contributed by atoms with Gasteiger partial charge in [-0.3, -0.25) is 14.2 Å². The topological polar surface area (TPSA) is 84.2 Å². The molecule has 0 spiro atoms. The Hall–Kier alpha value is -2.64. The summed E-state index contributed by atoms with van der Waals surface area (Å²) in [6.45, 7) is 4.61. The second kappa shape index (κ2) is 9.71. The molecule has 0 saturated heterocycles. The monoisotopic (exact) mass is 411 g/mol. The highest BCUT2D eigenvalue weighted by Gasteiger charge is 2.19. The standard InChI is InChI=1S/C22H25N3O3S/c1-15-8-10-17(11-9-15)14-23-20(27)16(2)29-22-24-19-7-4-3-6-18(19)21(28)25(22)12-5-13-26/h3-4,6-11,16,26H,5,12-14H2,1-2H3,(H,23,27)/t16-/m0/s1. The van der Waals surface area contributed by atoms with Crippen molar-refractivity contribution in [1.29, 1.82) is 0 Å². The van der Waals surface area contributed by atoms with Crippen LogP contribution in [0, 0.1) is 6.92 Å². The molecule has 1 amide bonds. The Morgan fingerprint density at radius 2 is 1.93 bits per heavy atom. The summed E-state index contributed by atoms with van der Waals surface area (Å²) in [6, 6.07) is 15.2. The number of aliphatic hydroxyl groups excluding tert-OH is 1. The van der Waals surface area contributed by atoms with Gasteiger partial charge < -0.3 is 10.4 Å². The van der Waals surface area contributed by atoms with Gasteiger partial charge in [0.05, 0.1) is 16.2 Å². The number of aromatic nitrogens is 2. The highest BCUT2D eigenvalue weighted by Crippen LogP contribution is 2.23. The van der Waals surface area contributed by atoms with Crippen LogP contribution in [0.2, 0.25) is 0 Å². The second-order valence-corrected chi connectivity index (χ2v) is 8.22. The lowest BCUT2D eigenvalue weighted by atomic mass is 10.1. The molecule has 1 heterocycles. The van der Waals surface area contributed by atoms with Gasteiger partial charge in [-0.2, -0.15) is 0 Å². The van der Waals surface area contributed by atoms with Gasteiger partial charge in [-0.15, -0.1) is 0 Å². The quantitative estimate of drug-likeness (QED) is 0.440. The molecule has 6 nitrogen and oxygen atoms in total. The number of carbonyl (C=O) groups excluding carboxylic acids is 1. The molecule has 0 radical (unpaired) electrons. The fraction of sp³-hybridized carbons (Fsp3) is 0.318. The van der Waals surface area contributed by atoms with Crippen molar-refractivity contribution in [3.8, 4) is 0 Å². The number of carbonyl (C=O) groups is 1. The lowest BCUT2D eigenvalue weighted by Crippen LogP contribution is -2.31. The molecule has 0 aliphatic carbocycles. The predicted octanol–water partition coefficient (Wildman–Crippen LogP) is 2.88. The Morgan fingerprint density at radius 1 is 1.21 bits per heavy atom. The molecule has 0 aliphatic heterocycles. The molecule has 2 N–H and O–H groups in total. The average molecular weight is 412 g/mol. The van der Waals surface area contributed by atoms with E-state index in [1.54, 1.807) is 29.7 Å². The van der Waals surface area contributed by atoms with Crippen LogP contribution < -0.4 is 10.9 Å². The zero-order valence-corrected chi connectivity index (χ0v) is 17.4. The smallest absolute Gasteiger partial charge is 0.262 e. The first kappa shape index (κ1) is 21.1. The van der Waals surface area contributed by atoms with Gasteiger partial charge in [0.15, 0.2) is 5.16 Å². The van der Waals surface area contributed by atoms with Crippen LogP contribution in [-0.2, 0) is 17.9 Å². The molecule has 152 valence electrons. The van der Waals surface area contributed by atoms with Crippen molar-refractivity contribution in [1.82, 2.24) is 14.9 Å². The molecule has 1 aromatic heterocycles. The average Bonchev–Trinajstić information content (AvgIpc) is 2.73. The Morgan fingerprint density at radius 3 is 2.66 bits per heavy atom. The molecule has 1 atom stereocenters. The van der Waals surface area contributed by atoms with E-state index in [0.717, 1.165) is 5.56 Å². The summed E-state index contributed by atoms with van der Waals surface area (Å²) in [4.78, 5) is 30.1. The Bertz CT molecular complexity index is 1050. The van der Waals surface area contributed by atoms with E-state index in [9.17, 15) is 14.7 Å². The Labute approximate surface area is 174 Å². The van der Waals surface area contributed by atoms with Crippen molar-refractivity contribution in [3.63, 3.8) is 0 Å². The summed E-state index contributed by atoms with van der Waals surface area (Å²) in [5.74, 6) is -0.119. The molecule has 0 aliphatic rings. The van der Waals surface area contributed by atoms with Crippen molar-refractivity contribution in [2.45, 2.75) is 43.8 Å². The van der Waals surface area contributed by atoms with Crippen molar-refractivity contribution < 1.29 is 9.90 Å². The van der Waals surface area contributed by atoms with E-state index >= 15 is 0 Å². The fourth-order valence-electron chi connectivity index (χ4n) is 2.91. The number of hydrogen-bond acceptors (Lipinski definition) is 5. The number of hydrogen-bond donors (Lipinski definition) is 2. The van der Waals surface area contributed by atoms with Crippen LogP contribution >= 0.6 is 11.8 Å². The third-order valence-electron chi connectivity index (χ3n) is 4.61. The van der Waals surface area contributed by atoms with Crippen LogP contribution in [0.3, 0.4) is 0 Å². The Balaban J connectivity index is 1.77. The predicted molar refractivity (Wildman–Crippen MR) is 116 cm³/mol. The number of aliphatic hydroxyl groups is 1. The summed E-state index contributed by atoms with van der Waals surface area (Å²) in [6.07, 6.45) is 0.446. The summed E-state index contributed by atoms with van der Waals surface area (Å²) < 4.78 is 1.55. The van der Waals surface area contributed by atoms with Gasteiger partial charge in [0.2, 0.25) is 5.91 Å². The number of nitrogens with zero attached hydrogens (tertiary/aromatic N) is 2. The van der Waals surface area contributed by atoms with Crippen molar-refractivity contribution in [3.05, 3.63) is 70.0 Å². The summed E-state index contributed by atoms with van der Waals surface area (Å²) in [5, 5.41) is 12.7. The maximum absolute atomic E-state index is 12.9. The molecule has 2 aromatic carbocycles. The fourth-order valence-corrected chi connectivity index (χ4v) is 3.87. The number of thioether (sulfide) groups is 1. The van der Waals surface area contributed by atoms with Gasteiger partial charge in [0, 0.05) is 19.7 Å². The van der Waals surface area contributed by atoms with Crippen LogP contribution in [0.25, 0.3) is 10.9 Å². The number of benzene rings is 2. The molecular weight excluding hydrogens is 386 g/mol. The minimum absolute atomic E-state index is 0.0179. The third kappa shape index (κ3) is 5.25. The SMILES string of the molecule is Cc1ccc(CNC(=O)[C@H](C)Sc2nc3ccccc3c(=O)n2CCCO)cc1. The van der Waals surface area contributed by atoms with E-state index in [1.807, 2.05) is 37.3 Å². The van der Waals surface area contributed by atoms with E-state index in [1.165, 1.54) is 17.3 Å². The number of para-hydroxylation sites is 1. The molecule has 0 saturated carbocycles. The molecule has 3 aromatic rings. The summed E-state index contributed by atoms with van der Waals surface area (Å²) in [7, 11) is 0. The maximum Gasteiger partial charge on any atom is 0.262 e. The lowest BCUT2D eigenvalue weighted by Gasteiger charge is -2.16. The molecule has 7 heteroatoms. The van der Waals surface area contributed by atoms with Gasteiger partial charge in [0.1, 0.15) is 0 Å². The zero-order chi connectivity index (χ0) is 20.8. The minimum atomic E-state index is -0.422. The van der Waals surface area contributed by atoms with Gasteiger partial charge in [-0.25, -0.2) is 4.98 Å². The van der Waals surface area contributed by atoms with Gasteiger partial charge >= 0.3 is 0 Å². The molecule has 0 unspecified atom stereocenters. The number of rotatable bonds is 8. The highest BCUT2D eigenvalue weighted by atomic mass is 32.2. The first-order chi connectivity index (χ1) is 14.0.